The van der Waals surface area contributed by atoms with Crippen LogP contribution in [0.1, 0.15) is 62.9 Å². The van der Waals surface area contributed by atoms with Crippen LogP contribution in [0.2, 0.25) is 0 Å². The molecule has 1 aromatic heterocycles. The number of hydrogen-bond donors (Lipinski definition) is 1. The number of rotatable bonds is 5. The fourth-order valence-corrected chi connectivity index (χ4v) is 3.58. The molecule has 0 bridgehead atoms. The molecule has 0 aromatic carbocycles. The third-order valence-corrected chi connectivity index (χ3v) is 4.96. The molecule has 0 unspecified atom stereocenters. The van der Waals surface area contributed by atoms with Gasteiger partial charge in [0.15, 0.2) is 0 Å². The lowest BCUT2D eigenvalue weighted by Crippen LogP contribution is -2.10. The Morgan fingerprint density at radius 2 is 1.89 bits per heavy atom. The second kappa shape index (κ2) is 5.78. The molecule has 3 nitrogen and oxygen atoms in total. The van der Waals surface area contributed by atoms with Crippen molar-refractivity contribution in [2.24, 2.45) is 5.92 Å². The first kappa shape index (κ1) is 13.3. The lowest BCUT2D eigenvalue weighted by atomic mass is 10.0. The summed E-state index contributed by atoms with van der Waals surface area (Å²) in [6.45, 7) is 3.02. The maximum absolute atomic E-state index is 4.88. The van der Waals surface area contributed by atoms with E-state index in [1.807, 2.05) is 0 Å². The maximum atomic E-state index is 4.88. The Bertz CT molecular complexity index is 451. The van der Waals surface area contributed by atoms with Crippen molar-refractivity contribution >= 4 is 21.7 Å². The van der Waals surface area contributed by atoms with Crippen LogP contribution in [0.4, 0.5) is 5.82 Å². The number of halogens is 1. The van der Waals surface area contributed by atoms with Gasteiger partial charge in [0, 0.05) is 18.9 Å². The summed E-state index contributed by atoms with van der Waals surface area (Å²) in [6.07, 6.45) is 9.02. The number of nitrogens with zero attached hydrogens (tertiary/aromatic N) is 2. The van der Waals surface area contributed by atoms with Crippen molar-refractivity contribution in [1.29, 1.82) is 0 Å². The molecule has 2 fully saturated rings. The van der Waals surface area contributed by atoms with Crippen LogP contribution >= 0.6 is 15.9 Å². The van der Waals surface area contributed by atoms with E-state index >= 15 is 0 Å². The van der Waals surface area contributed by atoms with E-state index in [9.17, 15) is 0 Å². The highest BCUT2D eigenvalue weighted by Gasteiger charge is 2.27. The molecule has 1 heterocycles. The Balaban J connectivity index is 1.91. The van der Waals surface area contributed by atoms with Crippen molar-refractivity contribution in [3.8, 4) is 0 Å². The molecule has 0 saturated heterocycles. The standard InChI is InChI=1S/C15H22BrN3/c1-2-17-15-13(16)14(11-5-3-4-6-11)18-12(19-15)9-10-7-8-10/h10-11H,2-9H2,1H3,(H,17,18,19). The van der Waals surface area contributed by atoms with Crippen LogP contribution in [0.25, 0.3) is 0 Å². The molecular formula is C15H22BrN3. The molecule has 2 aliphatic rings. The van der Waals surface area contributed by atoms with Gasteiger partial charge in [-0.1, -0.05) is 12.8 Å². The lowest BCUT2D eigenvalue weighted by Gasteiger charge is -2.16. The molecule has 0 amide bonds. The monoisotopic (exact) mass is 323 g/mol. The quantitative estimate of drug-likeness (QED) is 0.878. The first-order chi connectivity index (χ1) is 9.28. The highest BCUT2D eigenvalue weighted by molar-refractivity contribution is 9.10. The van der Waals surface area contributed by atoms with Crippen LogP contribution in [0.3, 0.4) is 0 Å². The number of hydrogen-bond acceptors (Lipinski definition) is 3. The minimum Gasteiger partial charge on any atom is -0.369 e. The largest absolute Gasteiger partial charge is 0.369 e. The van der Waals surface area contributed by atoms with Gasteiger partial charge in [-0.15, -0.1) is 0 Å². The van der Waals surface area contributed by atoms with Crippen molar-refractivity contribution in [2.45, 2.75) is 57.8 Å². The Morgan fingerprint density at radius 1 is 1.16 bits per heavy atom. The van der Waals surface area contributed by atoms with Crippen molar-refractivity contribution in [3.63, 3.8) is 0 Å². The average Bonchev–Trinajstić information content (AvgIpc) is 3.05. The number of anilines is 1. The third kappa shape index (κ3) is 3.10. The van der Waals surface area contributed by atoms with Gasteiger partial charge in [0.05, 0.1) is 10.2 Å². The summed E-state index contributed by atoms with van der Waals surface area (Å²) in [7, 11) is 0. The summed E-state index contributed by atoms with van der Waals surface area (Å²) in [4.78, 5) is 9.58. The summed E-state index contributed by atoms with van der Waals surface area (Å²) < 4.78 is 1.10. The van der Waals surface area contributed by atoms with Crippen LogP contribution in [0, 0.1) is 5.92 Å². The molecule has 104 valence electrons. The Hall–Kier alpha value is -0.640. The topological polar surface area (TPSA) is 37.8 Å². The van der Waals surface area contributed by atoms with E-state index in [4.69, 9.17) is 9.97 Å². The highest BCUT2D eigenvalue weighted by Crippen LogP contribution is 2.39. The molecule has 19 heavy (non-hydrogen) atoms. The van der Waals surface area contributed by atoms with Gasteiger partial charge in [0.25, 0.3) is 0 Å². The molecule has 3 rings (SSSR count). The summed E-state index contributed by atoms with van der Waals surface area (Å²) in [6, 6.07) is 0. The normalized spacial score (nSPS) is 19.9. The molecule has 4 heteroatoms. The zero-order valence-corrected chi connectivity index (χ0v) is 13.2. The van der Waals surface area contributed by atoms with E-state index in [1.54, 1.807) is 0 Å². The van der Waals surface area contributed by atoms with E-state index in [0.717, 1.165) is 35.0 Å². The fourth-order valence-electron chi connectivity index (χ4n) is 2.94. The van der Waals surface area contributed by atoms with E-state index in [1.165, 1.54) is 44.2 Å². The van der Waals surface area contributed by atoms with Gasteiger partial charge in [-0.3, -0.25) is 0 Å². The summed E-state index contributed by atoms with van der Waals surface area (Å²) in [5, 5.41) is 3.38. The van der Waals surface area contributed by atoms with Crippen molar-refractivity contribution in [3.05, 3.63) is 16.0 Å². The minimum absolute atomic E-state index is 0.632. The van der Waals surface area contributed by atoms with Gasteiger partial charge in [-0.2, -0.15) is 0 Å². The van der Waals surface area contributed by atoms with Crippen LogP contribution in [-0.4, -0.2) is 16.5 Å². The zero-order chi connectivity index (χ0) is 13.2. The average molecular weight is 324 g/mol. The van der Waals surface area contributed by atoms with Gasteiger partial charge in [0.1, 0.15) is 11.6 Å². The predicted octanol–water partition coefficient (Wildman–Crippen LogP) is 4.28. The van der Waals surface area contributed by atoms with Crippen LogP contribution < -0.4 is 5.32 Å². The minimum atomic E-state index is 0.632. The first-order valence-electron chi connectivity index (χ1n) is 7.58. The molecule has 0 spiro atoms. The van der Waals surface area contributed by atoms with E-state index in [-0.39, 0.29) is 0 Å². The van der Waals surface area contributed by atoms with E-state index < -0.39 is 0 Å². The van der Waals surface area contributed by atoms with Crippen LogP contribution in [0.15, 0.2) is 4.47 Å². The second-order valence-corrected chi connectivity index (χ2v) is 6.64. The van der Waals surface area contributed by atoms with E-state index in [0.29, 0.717) is 5.92 Å². The third-order valence-electron chi connectivity index (χ3n) is 4.18. The number of aromatic nitrogens is 2. The second-order valence-electron chi connectivity index (χ2n) is 5.85. The fraction of sp³-hybridized carbons (Fsp3) is 0.733. The molecule has 0 atom stereocenters. The van der Waals surface area contributed by atoms with Gasteiger partial charge < -0.3 is 5.32 Å². The van der Waals surface area contributed by atoms with Crippen molar-refractivity contribution < 1.29 is 0 Å². The Kier molecular flexibility index (Phi) is 4.06. The van der Waals surface area contributed by atoms with Gasteiger partial charge in [-0.25, -0.2) is 9.97 Å². The molecule has 1 N–H and O–H groups in total. The van der Waals surface area contributed by atoms with Crippen LogP contribution in [0.5, 0.6) is 0 Å². The van der Waals surface area contributed by atoms with Crippen LogP contribution in [-0.2, 0) is 6.42 Å². The Labute approximate surface area is 123 Å². The van der Waals surface area contributed by atoms with Gasteiger partial charge >= 0.3 is 0 Å². The molecular weight excluding hydrogens is 302 g/mol. The van der Waals surface area contributed by atoms with Crippen molar-refractivity contribution in [2.75, 3.05) is 11.9 Å². The summed E-state index contributed by atoms with van der Waals surface area (Å²) in [5.74, 6) is 3.51. The Morgan fingerprint density at radius 3 is 2.53 bits per heavy atom. The molecule has 0 radical (unpaired) electrons. The first-order valence-corrected chi connectivity index (χ1v) is 8.37. The lowest BCUT2D eigenvalue weighted by molar-refractivity contribution is 0.668. The molecule has 0 aliphatic heterocycles. The van der Waals surface area contributed by atoms with E-state index in [2.05, 4.69) is 28.2 Å². The summed E-state index contributed by atoms with van der Waals surface area (Å²) in [5.41, 5.74) is 1.25. The molecule has 1 aromatic rings. The summed E-state index contributed by atoms with van der Waals surface area (Å²) >= 11 is 3.72. The number of nitrogens with one attached hydrogen (secondary N) is 1. The predicted molar refractivity (Wildman–Crippen MR) is 81.5 cm³/mol. The maximum Gasteiger partial charge on any atom is 0.144 e. The van der Waals surface area contributed by atoms with Crippen molar-refractivity contribution in [1.82, 2.24) is 9.97 Å². The molecule has 2 saturated carbocycles. The zero-order valence-electron chi connectivity index (χ0n) is 11.6. The highest BCUT2D eigenvalue weighted by atomic mass is 79.9. The van der Waals surface area contributed by atoms with Gasteiger partial charge in [0.2, 0.25) is 0 Å². The van der Waals surface area contributed by atoms with Gasteiger partial charge in [-0.05, 0) is 54.5 Å². The molecule has 2 aliphatic carbocycles. The smallest absolute Gasteiger partial charge is 0.144 e. The SMILES string of the molecule is CCNc1nc(CC2CC2)nc(C2CCCC2)c1Br.